The van der Waals surface area contributed by atoms with Crippen LogP contribution in [-0.2, 0) is 24.3 Å². The maximum Gasteiger partial charge on any atom is 0.255 e. The summed E-state index contributed by atoms with van der Waals surface area (Å²) in [5.41, 5.74) is 3.65. The SMILES string of the molecule is Cc1cccc(CN2C(=O)c3ccccc3CC2(C)C(=O)NCc2ccc(Cl)cc2)c1. The molecule has 4 nitrogen and oxygen atoms in total. The van der Waals surface area contributed by atoms with E-state index in [4.69, 9.17) is 11.6 Å². The highest BCUT2D eigenvalue weighted by molar-refractivity contribution is 6.30. The van der Waals surface area contributed by atoms with Crippen LogP contribution in [-0.4, -0.2) is 22.3 Å². The molecule has 0 radical (unpaired) electrons. The summed E-state index contributed by atoms with van der Waals surface area (Å²) < 4.78 is 0. The number of amides is 2. The maximum absolute atomic E-state index is 13.5. The van der Waals surface area contributed by atoms with Crippen LogP contribution in [0.3, 0.4) is 0 Å². The Labute approximate surface area is 187 Å². The lowest BCUT2D eigenvalue weighted by molar-refractivity contribution is -0.132. The van der Waals surface area contributed by atoms with Gasteiger partial charge in [-0.3, -0.25) is 9.59 Å². The van der Waals surface area contributed by atoms with Crippen molar-refractivity contribution in [3.63, 3.8) is 0 Å². The number of rotatable bonds is 5. The normalized spacial score (nSPS) is 17.9. The van der Waals surface area contributed by atoms with Gasteiger partial charge in [0.1, 0.15) is 5.54 Å². The Balaban J connectivity index is 1.64. The number of carbonyl (C=O) groups is 2. The van der Waals surface area contributed by atoms with Crippen molar-refractivity contribution in [2.75, 3.05) is 0 Å². The summed E-state index contributed by atoms with van der Waals surface area (Å²) in [5, 5.41) is 3.68. The molecule has 4 rings (SSSR count). The highest BCUT2D eigenvalue weighted by Gasteiger charge is 2.46. The predicted octanol–water partition coefficient (Wildman–Crippen LogP) is 4.92. The van der Waals surface area contributed by atoms with E-state index in [0.717, 1.165) is 22.3 Å². The molecule has 31 heavy (non-hydrogen) atoms. The monoisotopic (exact) mass is 432 g/mol. The third-order valence-electron chi connectivity index (χ3n) is 5.90. The minimum absolute atomic E-state index is 0.118. The molecule has 1 N–H and O–H groups in total. The molecular weight excluding hydrogens is 408 g/mol. The van der Waals surface area contributed by atoms with Gasteiger partial charge in [0.15, 0.2) is 0 Å². The molecule has 0 aliphatic carbocycles. The molecule has 0 bridgehead atoms. The van der Waals surface area contributed by atoms with E-state index in [1.807, 2.05) is 68.4 Å². The van der Waals surface area contributed by atoms with Gasteiger partial charge in [-0.1, -0.05) is 71.8 Å². The first-order valence-electron chi connectivity index (χ1n) is 10.3. The lowest BCUT2D eigenvalue weighted by Gasteiger charge is -2.44. The summed E-state index contributed by atoms with van der Waals surface area (Å²) in [6.45, 7) is 4.63. The molecule has 2 amide bonds. The van der Waals surface area contributed by atoms with Gasteiger partial charge in [0.25, 0.3) is 5.91 Å². The van der Waals surface area contributed by atoms with Crippen molar-refractivity contribution < 1.29 is 9.59 Å². The fourth-order valence-electron chi connectivity index (χ4n) is 4.14. The van der Waals surface area contributed by atoms with Gasteiger partial charge in [-0.25, -0.2) is 0 Å². The zero-order valence-corrected chi connectivity index (χ0v) is 18.4. The summed E-state index contributed by atoms with van der Waals surface area (Å²) in [6, 6.07) is 23.0. The number of carbonyl (C=O) groups excluding carboxylic acids is 2. The van der Waals surface area contributed by atoms with Crippen LogP contribution in [0.15, 0.2) is 72.8 Å². The third kappa shape index (κ3) is 4.35. The summed E-state index contributed by atoms with van der Waals surface area (Å²) >= 11 is 5.96. The first-order valence-corrected chi connectivity index (χ1v) is 10.7. The highest BCUT2D eigenvalue weighted by Crippen LogP contribution is 2.33. The van der Waals surface area contributed by atoms with Gasteiger partial charge in [-0.05, 0) is 48.7 Å². The standard InChI is InChI=1S/C26H25ClN2O2/c1-18-6-5-7-20(14-18)17-29-24(30)23-9-4-3-8-21(23)15-26(29,2)25(31)28-16-19-10-12-22(27)13-11-19/h3-14H,15-17H2,1-2H3,(H,28,31). The molecule has 1 aliphatic rings. The molecule has 1 aliphatic heterocycles. The minimum Gasteiger partial charge on any atom is -0.350 e. The van der Waals surface area contributed by atoms with E-state index in [1.165, 1.54) is 0 Å². The number of hydrogen-bond donors (Lipinski definition) is 1. The molecule has 1 unspecified atom stereocenters. The lowest BCUT2D eigenvalue weighted by Crippen LogP contribution is -2.62. The van der Waals surface area contributed by atoms with E-state index in [9.17, 15) is 9.59 Å². The van der Waals surface area contributed by atoms with Gasteiger partial charge in [0, 0.05) is 30.1 Å². The molecule has 0 aromatic heterocycles. The molecule has 0 fully saturated rings. The van der Waals surface area contributed by atoms with Crippen LogP contribution in [0.4, 0.5) is 0 Å². The number of fused-ring (bicyclic) bond motifs is 1. The molecule has 0 saturated heterocycles. The van der Waals surface area contributed by atoms with E-state index in [2.05, 4.69) is 11.4 Å². The van der Waals surface area contributed by atoms with Crippen molar-refractivity contribution in [3.8, 4) is 0 Å². The van der Waals surface area contributed by atoms with Crippen LogP contribution in [0.2, 0.25) is 5.02 Å². The Morgan fingerprint density at radius 1 is 1.03 bits per heavy atom. The average Bonchev–Trinajstić information content (AvgIpc) is 2.76. The molecule has 3 aromatic rings. The number of halogens is 1. The zero-order valence-electron chi connectivity index (χ0n) is 17.7. The van der Waals surface area contributed by atoms with Crippen LogP contribution in [0.1, 0.15) is 39.5 Å². The van der Waals surface area contributed by atoms with E-state index < -0.39 is 5.54 Å². The Kier molecular flexibility index (Phi) is 5.84. The molecule has 0 saturated carbocycles. The van der Waals surface area contributed by atoms with Gasteiger partial charge in [-0.15, -0.1) is 0 Å². The second kappa shape index (κ2) is 8.56. The number of benzene rings is 3. The van der Waals surface area contributed by atoms with Crippen LogP contribution in [0.5, 0.6) is 0 Å². The summed E-state index contributed by atoms with van der Waals surface area (Å²) in [7, 11) is 0. The van der Waals surface area contributed by atoms with Gasteiger partial charge in [0.2, 0.25) is 5.91 Å². The topological polar surface area (TPSA) is 49.4 Å². The average molecular weight is 433 g/mol. The second-order valence-electron chi connectivity index (χ2n) is 8.30. The van der Waals surface area contributed by atoms with Crippen LogP contribution < -0.4 is 5.32 Å². The van der Waals surface area contributed by atoms with Crippen molar-refractivity contribution in [2.24, 2.45) is 0 Å². The summed E-state index contributed by atoms with van der Waals surface area (Å²) in [5.74, 6) is -0.287. The minimum atomic E-state index is -0.998. The fourth-order valence-corrected chi connectivity index (χ4v) is 4.26. The van der Waals surface area contributed by atoms with Crippen LogP contribution >= 0.6 is 11.6 Å². The smallest absolute Gasteiger partial charge is 0.255 e. The zero-order chi connectivity index (χ0) is 22.0. The molecule has 158 valence electrons. The number of nitrogens with one attached hydrogen (secondary N) is 1. The molecule has 5 heteroatoms. The summed E-state index contributed by atoms with van der Waals surface area (Å²) in [6.07, 6.45) is 0.465. The van der Waals surface area contributed by atoms with Crippen molar-refractivity contribution in [1.29, 1.82) is 0 Å². The van der Waals surface area contributed by atoms with Gasteiger partial charge in [0.05, 0.1) is 0 Å². The highest BCUT2D eigenvalue weighted by atomic mass is 35.5. The fraction of sp³-hybridized carbons (Fsp3) is 0.231. The maximum atomic E-state index is 13.5. The van der Waals surface area contributed by atoms with Gasteiger partial charge < -0.3 is 10.2 Å². The van der Waals surface area contributed by atoms with Crippen molar-refractivity contribution in [3.05, 3.63) is 106 Å². The Bertz CT molecular complexity index is 1130. The van der Waals surface area contributed by atoms with Crippen LogP contribution in [0.25, 0.3) is 0 Å². The Hall–Kier alpha value is -3.11. The van der Waals surface area contributed by atoms with Crippen molar-refractivity contribution in [1.82, 2.24) is 10.2 Å². The molecule has 1 heterocycles. The number of aryl methyl sites for hydroxylation is 1. The van der Waals surface area contributed by atoms with Crippen molar-refractivity contribution in [2.45, 2.75) is 38.9 Å². The molecule has 0 spiro atoms. The second-order valence-corrected chi connectivity index (χ2v) is 8.73. The number of hydrogen-bond acceptors (Lipinski definition) is 2. The first-order chi connectivity index (χ1) is 14.9. The largest absolute Gasteiger partial charge is 0.350 e. The molecular formula is C26H25ClN2O2. The van der Waals surface area contributed by atoms with E-state index >= 15 is 0 Å². The predicted molar refractivity (Wildman–Crippen MR) is 123 cm³/mol. The molecule has 3 aromatic carbocycles. The Morgan fingerprint density at radius 3 is 2.52 bits per heavy atom. The van der Waals surface area contributed by atoms with Gasteiger partial charge in [-0.2, -0.15) is 0 Å². The van der Waals surface area contributed by atoms with E-state index in [0.29, 0.717) is 30.1 Å². The van der Waals surface area contributed by atoms with E-state index in [-0.39, 0.29) is 11.8 Å². The third-order valence-corrected chi connectivity index (χ3v) is 6.15. The molecule has 1 atom stereocenters. The number of nitrogens with zero attached hydrogens (tertiary/aromatic N) is 1. The van der Waals surface area contributed by atoms with Gasteiger partial charge >= 0.3 is 0 Å². The lowest BCUT2D eigenvalue weighted by atomic mass is 9.82. The summed E-state index contributed by atoms with van der Waals surface area (Å²) in [4.78, 5) is 28.6. The van der Waals surface area contributed by atoms with Crippen LogP contribution in [0, 0.1) is 6.92 Å². The van der Waals surface area contributed by atoms with E-state index in [1.54, 1.807) is 17.0 Å². The Morgan fingerprint density at radius 2 is 1.77 bits per heavy atom. The quantitative estimate of drug-likeness (QED) is 0.622. The first kappa shape index (κ1) is 21.1. The van der Waals surface area contributed by atoms with Crippen molar-refractivity contribution >= 4 is 23.4 Å².